The van der Waals surface area contributed by atoms with Crippen LogP contribution < -0.4 is 5.73 Å². The Kier molecular flexibility index (Phi) is 2.03. The molecular weight excluding hydrogens is 130 g/mol. The summed E-state index contributed by atoms with van der Waals surface area (Å²) in [6.45, 7) is 1.81. The van der Waals surface area contributed by atoms with E-state index in [0.717, 1.165) is 11.4 Å². The molecule has 0 aromatic carbocycles. The molecule has 4 nitrogen and oxygen atoms in total. The van der Waals surface area contributed by atoms with Gasteiger partial charge in [0.05, 0.1) is 24.7 Å². The fraction of sp³-hybridized carbons (Fsp3) is 0.500. The molecule has 1 aromatic rings. The summed E-state index contributed by atoms with van der Waals surface area (Å²) >= 11 is 0. The van der Waals surface area contributed by atoms with Gasteiger partial charge in [-0.3, -0.25) is 0 Å². The lowest BCUT2D eigenvalue weighted by Gasteiger charge is -2.03. The van der Waals surface area contributed by atoms with E-state index < -0.39 is 0 Å². The van der Waals surface area contributed by atoms with Gasteiger partial charge in [-0.2, -0.15) is 0 Å². The quantitative estimate of drug-likeness (QED) is 0.529. The van der Waals surface area contributed by atoms with Crippen molar-refractivity contribution in [3.05, 3.63) is 17.7 Å². The standard InChI is InChI=1S/C6H11N3O/c1-4-6(5(7)2-10)9-3-8-4/h3,5,10H,2,7H2,1H3,(H,8,9)/t5-/m0/s1. The minimum Gasteiger partial charge on any atom is -0.394 e. The molecule has 0 aliphatic rings. The third-order valence-electron chi connectivity index (χ3n) is 1.42. The molecular formula is C6H11N3O. The number of H-pyrrole nitrogens is 1. The molecule has 4 N–H and O–H groups in total. The van der Waals surface area contributed by atoms with Gasteiger partial charge in [0.15, 0.2) is 0 Å². The van der Waals surface area contributed by atoms with E-state index in [2.05, 4.69) is 9.97 Å². The Morgan fingerprint density at radius 3 is 3.00 bits per heavy atom. The highest BCUT2D eigenvalue weighted by molar-refractivity contribution is 5.12. The van der Waals surface area contributed by atoms with E-state index in [9.17, 15) is 0 Å². The van der Waals surface area contributed by atoms with Crippen LogP contribution in [0.5, 0.6) is 0 Å². The average Bonchev–Trinajstić information content (AvgIpc) is 2.34. The van der Waals surface area contributed by atoms with E-state index in [-0.39, 0.29) is 12.6 Å². The van der Waals surface area contributed by atoms with Gasteiger partial charge in [0.2, 0.25) is 0 Å². The van der Waals surface area contributed by atoms with Crippen molar-refractivity contribution in [3.63, 3.8) is 0 Å². The largest absolute Gasteiger partial charge is 0.394 e. The number of nitrogens with one attached hydrogen (secondary N) is 1. The van der Waals surface area contributed by atoms with Crippen LogP contribution in [0.15, 0.2) is 6.33 Å². The Bertz CT molecular complexity index is 209. The van der Waals surface area contributed by atoms with Crippen LogP contribution in [0.25, 0.3) is 0 Å². The summed E-state index contributed by atoms with van der Waals surface area (Å²) in [5.41, 5.74) is 7.16. The molecule has 0 radical (unpaired) electrons. The Balaban J connectivity index is 2.82. The van der Waals surface area contributed by atoms with Crippen LogP contribution in [-0.4, -0.2) is 21.7 Å². The van der Waals surface area contributed by atoms with Gasteiger partial charge < -0.3 is 15.8 Å². The molecule has 0 aliphatic carbocycles. The van der Waals surface area contributed by atoms with E-state index in [4.69, 9.17) is 10.8 Å². The highest BCUT2D eigenvalue weighted by Crippen LogP contribution is 2.08. The molecule has 1 heterocycles. The highest BCUT2D eigenvalue weighted by atomic mass is 16.3. The Hall–Kier alpha value is -0.870. The average molecular weight is 141 g/mol. The van der Waals surface area contributed by atoms with Crippen LogP contribution in [0, 0.1) is 6.92 Å². The molecule has 0 unspecified atom stereocenters. The van der Waals surface area contributed by atoms with Gasteiger partial charge in [0, 0.05) is 5.69 Å². The van der Waals surface area contributed by atoms with E-state index >= 15 is 0 Å². The Morgan fingerprint density at radius 2 is 2.60 bits per heavy atom. The second kappa shape index (κ2) is 2.81. The van der Waals surface area contributed by atoms with Gasteiger partial charge >= 0.3 is 0 Å². The molecule has 1 aromatic heterocycles. The maximum atomic E-state index is 8.65. The number of aliphatic hydroxyl groups is 1. The lowest BCUT2D eigenvalue weighted by Crippen LogP contribution is -2.15. The molecule has 0 aliphatic heterocycles. The van der Waals surface area contributed by atoms with Gasteiger partial charge in [0.1, 0.15) is 0 Å². The molecule has 0 bridgehead atoms. The summed E-state index contributed by atoms with van der Waals surface area (Å²) in [4.78, 5) is 6.83. The van der Waals surface area contributed by atoms with Crippen LogP contribution in [-0.2, 0) is 0 Å². The third-order valence-corrected chi connectivity index (χ3v) is 1.42. The number of imidazole rings is 1. The molecule has 0 spiro atoms. The first-order chi connectivity index (χ1) is 4.75. The Morgan fingerprint density at radius 1 is 1.90 bits per heavy atom. The van der Waals surface area contributed by atoms with E-state index in [0.29, 0.717) is 0 Å². The summed E-state index contributed by atoms with van der Waals surface area (Å²) in [6, 6.07) is -0.355. The molecule has 1 rings (SSSR count). The number of rotatable bonds is 2. The summed E-state index contributed by atoms with van der Waals surface area (Å²) < 4.78 is 0. The first-order valence-electron chi connectivity index (χ1n) is 3.12. The molecule has 10 heavy (non-hydrogen) atoms. The number of hydrogen-bond acceptors (Lipinski definition) is 3. The number of nitrogens with zero attached hydrogens (tertiary/aromatic N) is 1. The zero-order chi connectivity index (χ0) is 7.56. The SMILES string of the molecule is Cc1[nH]cnc1[C@@H](N)CO. The first kappa shape index (κ1) is 7.24. The van der Waals surface area contributed by atoms with Crippen molar-refractivity contribution in [1.29, 1.82) is 0 Å². The maximum absolute atomic E-state index is 8.65. The zero-order valence-electron chi connectivity index (χ0n) is 5.83. The smallest absolute Gasteiger partial charge is 0.0925 e. The first-order valence-corrected chi connectivity index (χ1v) is 3.12. The van der Waals surface area contributed by atoms with Crippen molar-refractivity contribution in [2.45, 2.75) is 13.0 Å². The predicted octanol–water partition coefficient (Wildman–Crippen LogP) is -0.290. The molecule has 0 saturated heterocycles. The second-order valence-electron chi connectivity index (χ2n) is 2.20. The predicted molar refractivity (Wildman–Crippen MR) is 37.3 cm³/mol. The minimum atomic E-state index is -0.355. The van der Waals surface area contributed by atoms with Crippen molar-refractivity contribution < 1.29 is 5.11 Å². The van der Waals surface area contributed by atoms with E-state index in [1.807, 2.05) is 6.92 Å². The molecule has 56 valence electrons. The van der Waals surface area contributed by atoms with Crippen molar-refractivity contribution >= 4 is 0 Å². The van der Waals surface area contributed by atoms with E-state index in [1.54, 1.807) is 6.33 Å². The van der Waals surface area contributed by atoms with Crippen molar-refractivity contribution in [1.82, 2.24) is 9.97 Å². The number of hydrogen-bond donors (Lipinski definition) is 3. The monoisotopic (exact) mass is 141 g/mol. The van der Waals surface area contributed by atoms with Gasteiger partial charge in [-0.05, 0) is 6.92 Å². The summed E-state index contributed by atoms with van der Waals surface area (Å²) in [6.07, 6.45) is 1.57. The van der Waals surface area contributed by atoms with Gasteiger partial charge in [-0.1, -0.05) is 0 Å². The molecule has 0 saturated carbocycles. The van der Waals surface area contributed by atoms with Crippen molar-refractivity contribution in [2.75, 3.05) is 6.61 Å². The van der Waals surface area contributed by atoms with Crippen molar-refractivity contribution in [3.8, 4) is 0 Å². The zero-order valence-corrected chi connectivity index (χ0v) is 5.83. The lowest BCUT2D eigenvalue weighted by molar-refractivity contribution is 0.265. The molecule has 0 amide bonds. The molecule has 0 fully saturated rings. The topological polar surface area (TPSA) is 74.9 Å². The van der Waals surface area contributed by atoms with Crippen molar-refractivity contribution in [2.24, 2.45) is 5.73 Å². The fourth-order valence-electron chi connectivity index (χ4n) is 0.830. The number of aromatic amines is 1. The summed E-state index contributed by atoms with van der Waals surface area (Å²) in [7, 11) is 0. The lowest BCUT2D eigenvalue weighted by atomic mass is 10.2. The van der Waals surface area contributed by atoms with Crippen LogP contribution in [0.1, 0.15) is 17.4 Å². The van der Waals surface area contributed by atoms with Gasteiger partial charge in [0.25, 0.3) is 0 Å². The maximum Gasteiger partial charge on any atom is 0.0925 e. The fourth-order valence-corrected chi connectivity index (χ4v) is 0.830. The van der Waals surface area contributed by atoms with E-state index in [1.165, 1.54) is 0 Å². The number of aliphatic hydroxyl groups excluding tert-OH is 1. The van der Waals surface area contributed by atoms with Crippen LogP contribution in [0.4, 0.5) is 0 Å². The number of nitrogens with two attached hydrogens (primary N) is 1. The van der Waals surface area contributed by atoms with Crippen LogP contribution in [0.2, 0.25) is 0 Å². The number of aromatic nitrogens is 2. The highest BCUT2D eigenvalue weighted by Gasteiger charge is 2.08. The molecule has 4 heteroatoms. The minimum absolute atomic E-state index is 0.0638. The summed E-state index contributed by atoms with van der Waals surface area (Å²) in [5.74, 6) is 0. The molecule has 1 atom stereocenters. The van der Waals surface area contributed by atoms with Crippen LogP contribution in [0.3, 0.4) is 0 Å². The Labute approximate surface area is 59.1 Å². The summed E-state index contributed by atoms with van der Waals surface area (Å²) in [5, 5.41) is 8.65. The van der Waals surface area contributed by atoms with Crippen LogP contribution >= 0.6 is 0 Å². The number of aryl methyl sites for hydroxylation is 1. The van der Waals surface area contributed by atoms with Gasteiger partial charge in [-0.25, -0.2) is 4.98 Å². The van der Waals surface area contributed by atoms with Gasteiger partial charge in [-0.15, -0.1) is 0 Å². The second-order valence-corrected chi connectivity index (χ2v) is 2.20. The third kappa shape index (κ3) is 1.17. The normalized spacial score (nSPS) is 13.5.